The molecule has 0 aromatic heterocycles. The van der Waals surface area contributed by atoms with Crippen LogP contribution in [0.5, 0.6) is 0 Å². The lowest BCUT2D eigenvalue weighted by molar-refractivity contribution is -0.0365. The topological polar surface area (TPSA) is 13.0 Å². The molecule has 4 heterocycles. The Hall–Kier alpha value is -0.160. The Morgan fingerprint density at radius 1 is 0.556 bits per heavy atom. The molecule has 0 N–H and O–H groups in total. The van der Waals surface area contributed by atoms with Crippen LogP contribution < -0.4 is 0 Å². The van der Waals surface area contributed by atoms with Crippen LogP contribution >= 0.6 is 0 Å². The minimum absolute atomic E-state index is 0.661. The molecule has 0 aliphatic carbocycles. The van der Waals surface area contributed by atoms with Crippen LogP contribution in [0.3, 0.4) is 0 Å². The smallest absolute Gasteiger partial charge is 0.0947 e. The Morgan fingerprint density at radius 3 is 1.11 bits per heavy atom. The van der Waals surface area contributed by atoms with E-state index in [9.17, 15) is 0 Å². The largest absolute Gasteiger partial charge is 0.269 e. The molecule has 0 saturated carbocycles. The van der Waals surface area contributed by atoms with Crippen LogP contribution in [0.15, 0.2) is 0 Å². The van der Waals surface area contributed by atoms with E-state index >= 15 is 0 Å². The van der Waals surface area contributed by atoms with Gasteiger partial charge in [-0.3, -0.25) is 19.6 Å². The lowest BCUT2D eigenvalue weighted by Crippen LogP contribution is -2.57. The Bertz CT molecular complexity index is 298. The molecule has 0 aromatic carbocycles. The van der Waals surface area contributed by atoms with E-state index in [1.807, 2.05) is 0 Å². The van der Waals surface area contributed by atoms with Crippen LogP contribution in [0.1, 0.15) is 40.5 Å². The van der Waals surface area contributed by atoms with Crippen LogP contribution in [0.25, 0.3) is 0 Å². The van der Waals surface area contributed by atoms with Crippen LogP contribution in [0.2, 0.25) is 0 Å². The third-order valence-corrected chi connectivity index (χ3v) is 5.91. The SMILES string of the molecule is C[C@@H]1C[C@H](C)N2CN3C4C2N1CN4[C@H](C)C[C@@H]3C. The highest BCUT2D eigenvalue weighted by atomic mass is 15.7. The molecule has 18 heavy (non-hydrogen) atoms. The van der Waals surface area contributed by atoms with Gasteiger partial charge in [0.15, 0.2) is 0 Å². The van der Waals surface area contributed by atoms with Gasteiger partial charge < -0.3 is 0 Å². The van der Waals surface area contributed by atoms with Gasteiger partial charge in [-0.05, 0) is 40.5 Å². The normalized spacial score (nSPS) is 54.0. The summed E-state index contributed by atoms with van der Waals surface area (Å²) < 4.78 is 0. The fraction of sp³-hybridized carbons (Fsp3) is 1.00. The standard InChI is InChI=1S/C14H26N4/c1-9-5-10(2)17-8-18-12(4)6-11(3)16-7-15(9)13(17)14(16)18/h9-14H,5-8H2,1-4H3/t9-,10+,11-,12+,13?,14?. The molecule has 4 nitrogen and oxygen atoms in total. The summed E-state index contributed by atoms with van der Waals surface area (Å²) in [5.74, 6) is 0. The molecule has 0 amide bonds. The van der Waals surface area contributed by atoms with Gasteiger partial charge in [0.2, 0.25) is 0 Å². The van der Waals surface area contributed by atoms with Crippen molar-refractivity contribution in [3.8, 4) is 0 Å². The molecule has 0 bridgehead atoms. The minimum Gasteiger partial charge on any atom is -0.269 e. The van der Waals surface area contributed by atoms with Gasteiger partial charge in [0.1, 0.15) is 0 Å². The maximum atomic E-state index is 2.75. The van der Waals surface area contributed by atoms with Crippen molar-refractivity contribution in [2.75, 3.05) is 13.3 Å². The van der Waals surface area contributed by atoms with E-state index in [2.05, 4.69) is 47.3 Å². The maximum absolute atomic E-state index is 2.75. The van der Waals surface area contributed by atoms with E-state index in [4.69, 9.17) is 0 Å². The zero-order chi connectivity index (χ0) is 12.6. The second kappa shape index (κ2) is 3.69. The van der Waals surface area contributed by atoms with Crippen molar-refractivity contribution >= 4 is 0 Å². The van der Waals surface area contributed by atoms with Crippen molar-refractivity contribution < 1.29 is 0 Å². The molecule has 4 aliphatic heterocycles. The minimum atomic E-state index is 0.661. The third-order valence-electron chi connectivity index (χ3n) is 5.91. The fourth-order valence-corrected chi connectivity index (χ4v) is 4.91. The highest BCUT2D eigenvalue weighted by Crippen LogP contribution is 2.44. The first kappa shape index (κ1) is 11.6. The van der Waals surface area contributed by atoms with E-state index in [0.29, 0.717) is 12.3 Å². The van der Waals surface area contributed by atoms with E-state index in [1.54, 1.807) is 0 Å². The molecule has 0 aromatic rings. The summed E-state index contributed by atoms with van der Waals surface area (Å²) in [6.45, 7) is 12.0. The summed E-state index contributed by atoms with van der Waals surface area (Å²) in [6, 6.07) is 2.98. The maximum Gasteiger partial charge on any atom is 0.0947 e. The first-order chi connectivity index (χ1) is 8.58. The Labute approximate surface area is 110 Å². The van der Waals surface area contributed by atoms with Crippen LogP contribution in [0, 0.1) is 0 Å². The van der Waals surface area contributed by atoms with Crippen LogP contribution in [-0.4, -0.2) is 69.4 Å². The molecular formula is C14H26N4. The molecule has 4 heteroatoms. The van der Waals surface area contributed by atoms with Crippen LogP contribution in [-0.2, 0) is 0 Å². The number of nitrogens with zero attached hydrogens (tertiary/aromatic N) is 4. The monoisotopic (exact) mass is 250 g/mol. The average Bonchev–Trinajstić information content (AvgIpc) is 2.84. The summed E-state index contributed by atoms with van der Waals surface area (Å²) in [5.41, 5.74) is 0. The summed E-state index contributed by atoms with van der Waals surface area (Å²) >= 11 is 0. The Morgan fingerprint density at radius 2 is 0.833 bits per heavy atom. The summed E-state index contributed by atoms with van der Waals surface area (Å²) in [4.78, 5) is 11.0. The highest BCUT2D eigenvalue weighted by molar-refractivity contribution is 5.08. The second-order valence-corrected chi connectivity index (χ2v) is 7.03. The van der Waals surface area contributed by atoms with Crippen molar-refractivity contribution in [3.05, 3.63) is 0 Å². The van der Waals surface area contributed by atoms with Crippen molar-refractivity contribution in [2.24, 2.45) is 0 Å². The molecule has 0 spiro atoms. The molecule has 4 saturated heterocycles. The first-order valence-electron chi connectivity index (χ1n) is 7.61. The zero-order valence-electron chi connectivity index (χ0n) is 12.1. The zero-order valence-corrected chi connectivity index (χ0v) is 12.1. The predicted octanol–water partition coefficient (Wildman–Crippen LogP) is 1.15. The summed E-state index contributed by atoms with van der Waals surface area (Å²) in [5, 5.41) is 0. The van der Waals surface area contributed by atoms with E-state index < -0.39 is 0 Å². The van der Waals surface area contributed by atoms with Crippen molar-refractivity contribution in [3.63, 3.8) is 0 Å². The number of hydrogen-bond acceptors (Lipinski definition) is 4. The van der Waals surface area contributed by atoms with Gasteiger partial charge in [0.25, 0.3) is 0 Å². The fourth-order valence-electron chi connectivity index (χ4n) is 4.91. The van der Waals surface area contributed by atoms with Gasteiger partial charge in [-0.15, -0.1) is 0 Å². The Kier molecular flexibility index (Phi) is 2.39. The van der Waals surface area contributed by atoms with E-state index in [0.717, 1.165) is 24.2 Å². The van der Waals surface area contributed by atoms with Gasteiger partial charge in [0.05, 0.1) is 25.7 Å². The van der Waals surface area contributed by atoms with Gasteiger partial charge in [-0.1, -0.05) is 0 Å². The van der Waals surface area contributed by atoms with E-state index in [1.165, 1.54) is 26.2 Å². The van der Waals surface area contributed by atoms with Crippen molar-refractivity contribution in [2.45, 2.75) is 77.0 Å². The molecule has 4 aliphatic rings. The van der Waals surface area contributed by atoms with E-state index in [-0.39, 0.29) is 0 Å². The first-order valence-corrected chi connectivity index (χ1v) is 7.61. The van der Waals surface area contributed by atoms with Crippen LogP contribution in [0.4, 0.5) is 0 Å². The molecule has 102 valence electrons. The summed E-state index contributed by atoms with van der Waals surface area (Å²) in [7, 11) is 0. The lowest BCUT2D eigenvalue weighted by Gasteiger charge is -2.45. The number of rotatable bonds is 0. The predicted molar refractivity (Wildman–Crippen MR) is 71.7 cm³/mol. The highest BCUT2D eigenvalue weighted by Gasteiger charge is 2.59. The molecule has 0 radical (unpaired) electrons. The quantitative estimate of drug-likeness (QED) is 0.639. The number of hydrogen-bond donors (Lipinski definition) is 0. The Balaban J connectivity index is 1.74. The van der Waals surface area contributed by atoms with Gasteiger partial charge in [-0.2, -0.15) is 0 Å². The third kappa shape index (κ3) is 1.30. The second-order valence-electron chi connectivity index (χ2n) is 7.03. The molecular weight excluding hydrogens is 224 g/mol. The van der Waals surface area contributed by atoms with Gasteiger partial charge in [0, 0.05) is 24.2 Å². The molecule has 2 unspecified atom stereocenters. The average molecular weight is 250 g/mol. The summed E-state index contributed by atoms with van der Waals surface area (Å²) in [6.07, 6.45) is 3.98. The van der Waals surface area contributed by atoms with Crippen molar-refractivity contribution in [1.82, 2.24) is 19.6 Å². The van der Waals surface area contributed by atoms with Gasteiger partial charge >= 0.3 is 0 Å². The molecule has 4 fully saturated rings. The molecule has 6 atom stereocenters. The molecule has 4 rings (SSSR count). The van der Waals surface area contributed by atoms with Crippen molar-refractivity contribution in [1.29, 1.82) is 0 Å². The van der Waals surface area contributed by atoms with Gasteiger partial charge in [-0.25, -0.2) is 0 Å². The lowest BCUT2D eigenvalue weighted by atomic mass is 10.0.